The molecule has 0 atom stereocenters. The maximum atomic E-state index is 6.22. The van der Waals surface area contributed by atoms with E-state index in [4.69, 9.17) is 33.7 Å². The van der Waals surface area contributed by atoms with Crippen LogP contribution < -0.4 is 10.5 Å². The van der Waals surface area contributed by atoms with Crippen molar-refractivity contribution < 1.29 is 4.74 Å². The van der Waals surface area contributed by atoms with E-state index < -0.39 is 0 Å². The summed E-state index contributed by atoms with van der Waals surface area (Å²) in [5, 5.41) is 0.939. The molecule has 108 valence electrons. The minimum Gasteiger partial charge on any atom is -0.496 e. The molecule has 0 aliphatic heterocycles. The number of nitrogens with zero attached hydrogens (tertiary/aromatic N) is 1. The second-order valence-electron chi connectivity index (χ2n) is 3.68. The third-order valence-electron chi connectivity index (χ3n) is 2.60. The van der Waals surface area contributed by atoms with E-state index in [-0.39, 0.29) is 0 Å². The lowest BCUT2D eigenvalue weighted by Crippen LogP contribution is -1.99. The Kier molecular flexibility index (Phi) is 6.79. The van der Waals surface area contributed by atoms with E-state index in [1.165, 1.54) is 0 Å². The first-order valence-electron chi connectivity index (χ1n) is 6.34. The van der Waals surface area contributed by atoms with Gasteiger partial charge in [-0.3, -0.25) is 4.98 Å². The number of benzene rings is 1. The van der Waals surface area contributed by atoms with Gasteiger partial charge in [0.15, 0.2) is 0 Å². The molecular weight excluding hydrogens is 295 g/mol. The Bertz CT molecular complexity index is 557. The van der Waals surface area contributed by atoms with Gasteiger partial charge in [0.05, 0.1) is 22.8 Å². The predicted molar refractivity (Wildman–Crippen MR) is 85.5 cm³/mol. The average molecular weight is 313 g/mol. The molecule has 1 heterocycles. The predicted octanol–water partition coefficient (Wildman–Crippen LogP) is 4.55. The highest BCUT2D eigenvalue weighted by molar-refractivity contribution is 6.44. The third kappa shape index (κ3) is 3.63. The fraction of sp³-hybridized carbons (Fsp3) is 0.267. The van der Waals surface area contributed by atoms with Crippen LogP contribution >= 0.6 is 23.2 Å². The second kappa shape index (κ2) is 8.10. The van der Waals surface area contributed by atoms with Crippen LogP contribution in [0, 0.1) is 0 Å². The SMILES string of the molecule is CC.COc1ccc(Cl)c(Cl)c1-c1ccc(CN)nc1. The van der Waals surface area contributed by atoms with E-state index in [0.29, 0.717) is 22.3 Å². The average Bonchev–Trinajstić information content (AvgIpc) is 2.52. The Morgan fingerprint density at radius 2 is 1.85 bits per heavy atom. The van der Waals surface area contributed by atoms with E-state index in [0.717, 1.165) is 16.8 Å². The summed E-state index contributed by atoms with van der Waals surface area (Å²) in [6, 6.07) is 7.23. The lowest BCUT2D eigenvalue weighted by molar-refractivity contribution is 0.416. The zero-order valence-electron chi connectivity index (χ0n) is 11.8. The molecule has 2 rings (SSSR count). The largest absolute Gasteiger partial charge is 0.496 e. The molecule has 0 saturated heterocycles. The molecule has 1 aromatic carbocycles. The molecule has 5 heteroatoms. The number of hydrogen-bond acceptors (Lipinski definition) is 3. The molecule has 0 spiro atoms. The van der Waals surface area contributed by atoms with Gasteiger partial charge in [-0.15, -0.1) is 0 Å². The van der Waals surface area contributed by atoms with Gasteiger partial charge in [0.2, 0.25) is 0 Å². The summed E-state index contributed by atoms with van der Waals surface area (Å²) in [5.74, 6) is 0.659. The Labute approximate surface area is 129 Å². The summed E-state index contributed by atoms with van der Waals surface area (Å²) < 4.78 is 5.30. The number of halogens is 2. The Morgan fingerprint density at radius 3 is 2.35 bits per heavy atom. The first-order valence-corrected chi connectivity index (χ1v) is 7.10. The van der Waals surface area contributed by atoms with Crippen molar-refractivity contribution in [2.45, 2.75) is 20.4 Å². The fourth-order valence-electron chi connectivity index (χ4n) is 1.67. The lowest BCUT2D eigenvalue weighted by atomic mass is 10.1. The Morgan fingerprint density at radius 1 is 1.15 bits per heavy atom. The van der Waals surface area contributed by atoms with Crippen LogP contribution in [0.3, 0.4) is 0 Å². The quantitative estimate of drug-likeness (QED) is 0.904. The molecule has 0 aliphatic carbocycles. The maximum Gasteiger partial charge on any atom is 0.128 e. The zero-order valence-corrected chi connectivity index (χ0v) is 13.3. The molecule has 0 saturated carbocycles. The van der Waals surface area contributed by atoms with Gasteiger partial charge in [-0.25, -0.2) is 0 Å². The van der Waals surface area contributed by atoms with Crippen molar-refractivity contribution in [3.63, 3.8) is 0 Å². The van der Waals surface area contributed by atoms with Gasteiger partial charge in [-0.1, -0.05) is 43.1 Å². The third-order valence-corrected chi connectivity index (χ3v) is 3.40. The summed E-state index contributed by atoms with van der Waals surface area (Å²) >= 11 is 12.2. The maximum absolute atomic E-state index is 6.22. The summed E-state index contributed by atoms with van der Waals surface area (Å²) in [7, 11) is 1.59. The lowest BCUT2D eigenvalue weighted by Gasteiger charge is -2.11. The smallest absolute Gasteiger partial charge is 0.128 e. The molecule has 0 amide bonds. The highest BCUT2D eigenvalue weighted by Crippen LogP contribution is 2.40. The molecule has 2 aromatic rings. The normalized spacial score (nSPS) is 9.70. The van der Waals surface area contributed by atoms with Crippen LogP contribution in [-0.2, 0) is 6.54 Å². The van der Waals surface area contributed by atoms with Crippen molar-refractivity contribution in [3.05, 3.63) is 46.2 Å². The van der Waals surface area contributed by atoms with E-state index in [1.54, 1.807) is 25.4 Å². The number of ether oxygens (including phenoxy) is 1. The Balaban J connectivity index is 0.000000956. The number of rotatable bonds is 3. The number of pyridine rings is 1. The summed E-state index contributed by atoms with van der Waals surface area (Å²) in [5.41, 5.74) is 7.91. The van der Waals surface area contributed by atoms with Gasteiger partial charge in [0.25, 0.3) is 0 Å². The first-order chi connectivity index (χ1) is 9.67. The number of nitrogens with two attached hydrogens (primary N) is 1. The molecule has 0 radical (unpaired) electrons. The van der Waals surface area contributed by atoms with Crippen LogP contribution in [0.4, 0.5) is 0 Å². The van der Waals surface area contributed by atoms with Gasteiger partial charge >= 0.3 is 0 Å². The minimum absolute atomic E-state index is 0.403. The summed E-state index contributed by atoms with van der Waals surface area (Å²) in [4.78, 5) is 4.24. The van der Waals surface area contributed by atoms with Crippen molar-refractivity contribution in [1.29, 1.82) is 0 Å². The molecule has 0 bridgehead atoms. The van der Waals surface area contributed by atoms with Crippen molar-refractivity contribution in [3.8, 4) is 16.9 Å². The van der Waals surface area contributed by atoms with Crippen LogP contribution in [0.25, 0.3) is 11.1 Å². The van der Waals surface area contributed by atoms with E-state index in [1.807, 2.05) is 26.0 Å². The van der Waals surface area contributed by atoms with Crippen molar-refractivity contribution >= 4 is 23.2 Å². The molecule has 0 aliphatic rings. The standard InChI is InChI=1S/C13H12Cl2N2O.C2H6/c1-18-11-5-4-10(14)13(15)12(11)8-2-3-9(6-16)17-7-8;1-2/h2-5,7H,6,16H2,1H3;1-2H3. The molecule has 0 fully saturated rings. The molecule has 1 aromatic heterocycles. The first kappa shape index (κ1) is 16.8. The van der Waals surface area contributed by atoms with E-state index >= 15 is 0 Å². The van der Waals surface area contributed by atoms with Crippen molar-refractivity contribution in [1.82, 2.24) is 4.98 Å². The van der Waals surface area contributed by atoms with Gasteiger partial charge in [0.1, 0.15) is 5.75 Å². The van der Waals surface area contributed by atoms with E-state index in [2.05, 4.69) is 4.98 Å². The second-order valence-corrected chi connectivity index (χ2v) is 4.47. The summed E-state index contributed by atoms with van der Waals surface area (Å²) in [6.07, 6.45) is 1.71. The zero-order chi connectivity index (χ0) is 15.1. The topological polar surface area (TPSA) is 48.1 Å². The van der Waals surface area contributed by atoms with Crippen LogP contribution in [-0.4, -0.2) is 12.1 Å². The minimum atomic E-state index is 0.403. The molecule has 0 unspecified atom stereocenters. The monoisotopic (exact) mass is 312 g/mol. The molecule has 20 heavy (non-hydrogen) atoms. The van der Waals surface area contributed by atoms with Crippen molar-refractivity contribution in [2.24, 2.45) is 5.73 Å². The highest BCUT2D eigenvalue weighted by atomic mass is 35.5. The van der Waals surface area contributed by atoms with Crippen LogP contribution in [0.15, 0.2) is 30.5 Å². The number of aromatic nitrogens is 1. The van der Waals surface area contributed by atoms with Gasteiger partial charge in [-0.05, 0) is 18.2 Å². The fourth-order valence-corrected chi connectivity index (χ4v) is 2.09. The van der Waals surface area contributed by atoms with Gasteiger partial charge in [-0.2, -0.15) is 0 Å². The Hall–Kier alpha value is -1.29. The van der Waals surface area contributed by atoms with E-state index in [9.17, 15) is 0 Å². The highest BCUT2D eigenvalue weighted by Gasteiger charge is 2.13. The molecular formula is C15H18Cl2N2O. The van der Waals surface area contributed by atoms with Crippen LogP contribution in [0.1, 0.15) is 19.5 Å². The van der Waals surface area contributed by atoms with Crippen LogP contribution in [0.5, 0.6) is 5.75 Å². The van der Waals surface area contributed by atoms with Gasteiger partial charge < -0.3 is 10.5 Å². The van der Waals surface area contributed by atoms with Gasteiger partial charge in [0, 0.05) is 23.9 Å². The van der Waals surface area contributed by atoms with Crippen LogP contribution in [0.2, 0.25) is 10.0 Å². The number of hydrogen-bond donors (Lipinski definition) is 1. The van der Waals surface area contributed by atoms with Crippen molar-refractivity contribution in [2.75, 3.05) is 7.11 Å². The summed E-state index contributed by atoms with van der Waals surface area (Å²) in [6.45, 7) is 4.40. The molecule has 2 N–H and O–H groups in total. The molecule has 3 nitrogen and oxygen atoms in total. The number of methoxy groups -OCH3 is 1.